The zero-order valence-electron chi connectivity index (χ0n) is 12.9. The van der Waals surface area contributed by atoms with Crippen molar-refractivity contribution in [2.24, 2.45) is 11.7 Å². The van der Waals surface area contributed by atoms with E-state index in [1.807, 2.05) is 32.0 Å². The zero-order chi connectivity index (χ0) is 15.1. The summed E-state index contributed by atoms with van der Waals surface area (Å²) in [4.78, 5) is 12.2. The number of aryl methyl sites for hydroxylation is 1. The number of benzene rings is 1. The van der Waals surface area contributed by atoms with Crippen LogP contribution in [0.15, 0.2) is 18.2 Å². The Morgan fingerprint density at radius 3 is 2.70 bits per heavy atom. The highest BCUT2D eigenvalue weighted by molar-refractivity contribution is 5.79. The van der Waals surface area contributed by atoms with E-state index in [1.54, 1.807) is 7.11 Å². The standard InChI is InChI=1S/C16H26N2O2/c1-5-6-13(10-17)16(19)18-12(3)14-9-11(2)7-8-15(14)20-4/h7-9,12-13H,5-6,10,17H2,1-4H3,(H,18,19). The molecule has 0 aliphatic carbocycles. The number of amides is 1. The Labute approximate surface area is 121 Å². The monoisotopic (exact) mass is 278 g/mol. The lowest BCUT2D eigenvalue weighted by Gasteiger charge is -2.21. The van der Waals surface area contributed by atoms with Gasteiger partial charge in [0.2, 0.25) is 5.91 Å². The van der Waals surface area contributed by atoms with E-state index in [1.165, 1.54) is 0 Å². The minimum atomic E-state index is -0.113. The van der Waals surface area contributed by atoms with Crippen LogP contribution < -0.4 is 15.8 Å². The molecule has 0 bridgehead atoms. The molecule has 0 radical (unpaired) electrons. The van der Waals surface area contributed by atoms with Crippen molar-refractivity contribution in [2.75, 3.05) is 13.7 Å². The fourth-order valence-electron chi connectivity index (χ4n) is 2.31. The minimum absolute atomic E-state index is 0.0189. The van der Waals surface area contributed by atoms with E-state index in [4.69, 9.17) is 10.5 Å². The number of nitrogens with one attached hydrogen (secondary N) is 1. The molecular weight excluding hydrogens is 252 g/mol. The van der Waals surface area contributed by atoms with Gasteiger partial charge in [0.25, 0.3) is 0 Å². The van der Waals surface area contributed by atoms with Crippen LogP contribution in [0.5, 0.6) is 5.75 Å². The van der Waals surface area contributed by atoms with Gasteiger partial charge >= 0.3 is 0 Å². The maximum atomic E-state index is 12.2. The average Bonchev–Trinajstić information content (AvgIpc) is 2.44. The third-order valence-electron chi connectivity index (χ3n) is 3.50. The van der Waals surface area contributed by atoms with Gasteiger partial charge in [-0.15, -0.1) is 0 Å². The van der Waals surface area contributed by atoms with Gasteiger partial charge in [-0.3, -0.25) is 4.79 Å². The van der Waals surface area contributed by atoms with Crippen LogP contribution >= 0.6 is 0 Å². The molecule has 0 saturated carbocycles. The number of ether oxygens (including phenoxy) is 1. The van der Waals surface area contributed by atoms with Crippen molar-refractivity contribution in [1.29, 1.82) is 0 Å². The van der Waals surface area contributed by atoms with Crippen LogP contribution in [0.1, 0.15) is 43.9 Å². The molecule has 2 unspecified atom stereocenters. The van der Waals surface area contributed by atoms with Crippen LogP contribution in [0.2, 0.25) is 0 Å². The summed E-state index contributed by atoms with van der Waals surface area (Å²) in [6.07, 6.45) is 1.78. The molecule has 0 fully saturated rings. The number of carbonyl (C=O) groups is 1. The van der Waals surface area contributed by atoms with Gasteiger partial charge in [0.15, 0.2) is 0 Å². The average molecular weight is 278 g/mol. The Morgan fingerprint density at radius 2 is 2.15 bits per heavy atom. The number of hydrogen-bond donors (Lipinski definition) is 2. The van der Waals surface area contributed by atoms with Crippen molar-refractivity contribution >= 4 is 5.91 Å². The van der Waals surface area contributed by atoms with Gasteiger partial charge in [0.05, 0.1) is 19.1 Å². The third-order valence-corrected chi connectivity index (χ3v) is 3.50. The van der Waals surface area contributed by atoms with Crippen LogP contribution in [0.4, 0.5) is 0 Å². The Kier molecular flexibility index (Phi) is 6.52. The summed E-state index contributed by atoms with van der Waals surface area (Å²) in [6, 6.07) is 5.88. The van der Waals surface area contributed by atoms with E-state index in [2.05, 4.69) is 12.2 Å². The SMILES string of the molecule is CCCC(CN)C(=O)NC(C)c1cc(C)ccc1OC. The van der Waals surface area contributed by atoms with E-state index < -0.39 is 0 Å². The molecule has 0 aromatic heterocycles. The van der Waals surface area contributed by atoms with Crippen molar-refractivity contribution in [2.45, 2.75) is 39.7 Å². The fourth-order valence-corrected chi connectivity index (χ4v) is 2.31. The maximum absolute atomic E-state index is 12.2. The smallest absolute Gasteiger partial charge is 0.224 e. The Bertz CT molecular complexity index is 446. The van der Waals surface area contributed by atoms with Crippen molar-refractivity contribution in [3.8, 4) is 5.75 Å². The number of carbonyl (C=O) groups excluding carboxylic acids is 1. The zero-order valence-corrected chi connectivity index (χ0v) is 12.9. The molecule has 4 heteroatoms. The van der Waals surface area contributed by atoms with E-state index in [-0.39, 0.29) is 17.9 Å². The quantitative estimate of drug-likeness (QED) is 0.805. The lowest BCUT2D eigenvalue weighted by Crippen LogP contribution is -2.36. The van der Waals surface area contributed by atoms with Gasteiger partial charge < -0.3 is 15.8 Å². The van der Waals surface area contributed by atoms with Crippen LogP contribution in [-0.4, -0.2) is 19.6 Å². The molecule has 2 atom stereocenters. The molecule has 1 amide bonds. The van der Waals surface area contributed by atoms with Gasteiger partial charge in [0.1, 0.15) is 5.75 Å². The van der Waals surface area contributed by atoms with Gasteiger partial charge in [-0.2, -0.15) is 0 Å². The van der Waals surface area contributed by atoms with Gasteiger partial charge in [0, 0.05) is 12.1 Å². The number of methoxy groups -OCH3 is 1. The molecule has 0 saturated heterocycles. The fraction of sp³-hybridized carbons (Fsp3) is 0.562. The molecule has 3 N–H and O–H groups in total. The first-order valence-corrected chi connectivity index (χ1v) is 7.18. The van der Waals surface area contributed by atoms with Crippen molar-refractivity contribution in [1.82, 2.24) is 5.32 Å². The molecule has 0 aliphatic heterocycles. The van der Waals surface area contributed by atoms with E-state index in [0.717, 1.165) is 29.7 Å². The molecule has 20 heavy (non-hydrogen) atoms. The van der Waals surface area contributed by atoms with Crippen LogP contribution in [0.3, 0.4) is 0 Å². The summed E-state index contributed by atoms with van der Waals surface area (Å²) in [6.45, 7) is 6.44. The Morgan fingerprint density at radius 1 is 1.45 bits per heavy atom. The molecule has 4 nitrogen and oxygen atoms in total. The molecule has 112 valence electrons. The summed E-state index contributed by atoms with van der Waals surface area (Å²) >= 11 is 0. The van der Waals surface area contributed by atoms with Crippen LogP contribution in [0.25, 0.3) is 0 Å². The Balaban J connectivity index is 2.82. The Hall–Kier alpha value is -1.55. The molecule has 0 spiro atoms. The number of nitrogens with two attached hydrogens (primary N) is 1. The summed E-state index contributed by atoms with van der Waals surface area (Å²) in [7, 11) is 1.64. The highest BCUT2D eigenvalue weighted by atomic mass is 16.5. The normalized spacial score (nSPS) is 13.7. The van der Waals surface area contributed by atoms with E-state index >= 15 is 0 Å². The highest BCUT2D eigenvalue weighted by Crippen LogP contribution is 2.26. The second kappa shape index (κ2) is 7.90. The first-order valence-electron chi connectivity index (χ1n) is 7.18. The molecule has 0 heterocycles. The van der Waals surface area contributed by atoms with Crippen molar-refractivity contribution in [3.05, 3.63) is 29.3 Å². The van der Waals surface area contributed by atoms with Crippen LogP contribution in [0, 0.1) is 12.8 Å². The predicted molar refractivity (Wildman–Crippen MR) is 81.7 cm³/mol. The minimum Gasteiger partial charge on any atom is -0.496 e. The highest BCUT2D eigenvalue weighted by Gasteiger charge is 2.20. The summed E-state index contributed by atoms with van der Waals surface area (Å²) in [5, 5.41) is 3.04. The van der Waals surface area contributed by atoms with E-state index in [0.29, 0.717) is 6.54 Å². The topological polar surface area (TPSA) is 64.4 Å². The maximum Gasteiger partial charge on any atom is 0.224 e. The summed E-state index contributed by atoms with van der Waals surface area (Å²) in [5.74, 6) is 0.701. The molecule has 1 rings (SSSR count). The van der Waals surface area contributed by atoms with Gasteiger partial charge in [-0.25, -0.2) is 0 Å². The van der Waals surface area contributed by atoms with E-state index in [9.17, 15) is 4.79 Å². The second-order valence-corrected chi connectivity index (χ2v) is 5.20. The van der Waals surface area contributed by atoms with Crippen molar-refractivity contribution in [3.63, 3.8) is 0 Å². The van der Waals surface area contributed by atoms with Gasteiger partial charge in [-0.1, -0.05) is 31.0 Å². The summed E-state index contributed by atoms with van der Waals surface area (Å²) < 4.78 is 5.36. The van der Waals surface area contributed by atoms with Crippen molar-refractivity contribution < 1.29 is 9.53 Å². The second-order valence-electron chi connectivity index (χ2n) is 5.20. The first kappa shape index (κ1) is 16.5. The molecule has 0 aliphatic rings. The molecule has 1 aromatic carbocycles. The van der Waals surface area contributed by atoms with Gasteiger partial charge in [-0.05, 0) is 26.3 Å². The number of rotatable bonds is 7. The third kappa shape index (κ3) is 4.23. The molecular formula is C16H26N2O2. The van der Waals surface area contributed by atoms with Crippen LogP contribution in [-0.2, 0) is 4.79 Å². The lowest BCUT2D eigenvalue weighted by molar-refractivity contribution is -0.125. The lowest BCUT2D eigenvalue weighted by atomic mass is 10.0. The molecule has 1 aromatic rings. The summed E-state index contributed by atoms with van der Waals surface area (Å²) in [5.41, 5.74) is 7.81. The largest absolute Gasteiger partial charge is 0.496 e. The number of hydrogen-bond acceptors (Lipinski definition) is 3. The first-order chi connectivity index (χ1) is 9.53. The predicted octanol–water partition coefficient (Wildman–Crippen LogP) is 2.56.